The number of hydrogen-bond donors (Lipinski definition) is 1. The third-order valence-corrected chi connectivity index (χ3v) is 4.76. The summed E-state index contributed by atoms with van der Waals surface area (Å²) >= 11 is 1.22. The van der Waals surface area contributed by atoms with Crippen LogP contribution in [0.15, 0.2) is 12.1 Å². The van der Waals surface area contributed by atoms with Gasteiger partial charge in [0.1, 0.15) is 5.75 Å². The van der Waals surface area contributed by atoms with Crippen molar-refractivity contribution in [1.82, 2.24) is 4.98 Å². The number of carbonyl (C=O) groups excluding carboxylic acids is 2. The van der Waals surface area contributed by atoms with Gasteiger partial charge in [0.05, 0.1) is 17.7 Å². The summed E-state index contributed by atoms with van der Waals surface area (Å²) < 4.78 is 5.38. The number of ketones is 1. The molecule has 0 aliphatic carbocycles. The Morgan fingerprint density at radius 2 is 1.96 bits per heavy atom. The average Bonchev–Trinajstić information content (AvgIpc) is 2.91. The van der Waals surface area contributed by atoms with E-state index < -0.39 is 5.91 Å². The quantitative estimate of drug-likeness (QED) is 0.849. The maximum atomic E-state index is 12.1. The van der Waals surface area contributed by atoms with Gasteiger partial charge in [0.25, 0.3) is 5.91 Å². The van der Waals surface area contributed by atoms with Crippen LogP contribution in [0.4, 0.5) is 0 Å². The monoisotopic (exact) mass is 332 g/mol. The summed E-state index contributed by atoms with van der Waals surface area (Å²) in [6.07, 6.45) is 0. The highest BCUT2D eigenvalue weighted by molar-refractivity contribution is 7.17. The Balaban J connectivity index is 2.84. The third-order valence-electron chi connectivity index (χ3n) is 3.65. The van der Waals surface area contributed by atoms with Crippen LogP contribution in [0.3, 0.4) is 0 Å². The van der Waals surface area contributed by atoms with Crippen LogP contribution >= 0.6 is 11.3 Å². The predicted molar refractivity (Wildman–Crippen MR) is 91.5 cm³/mol. The number of hydrogen-bond acceptors (Lipinski definition) is 5. The lowest BCUT2D eigenvalue weighted by Crippen LogP contribution is -2.10. The zero-order valence-electron chi connectivity index (χ0n) is 13.9. The number of Topliss-reactive ketones (excluding diaryl/α,β-unsaturated/α-hetero) is 1. The lowest BCUT2D eigenvalue weighted by Gasteiger charge is -2.15. The average molecular weight is 332 g/mol. The van der Waals surface area contributed by atoms with Crippen molar-refractivity contribution in [1.29, 1.82) is 0 Å². The van der Waals surface area contributed by atoms with E-state index in [0.717, 1.165) is 21.7 Å². The molecule has 0 fully saturated rings. The van der Waals surface area contributed by atoms with Gasteiger partial charge in [-0.25, -0.2) is 4.98 Å². The molecule has 6 heteroatoms. The molecule has 1 heterocycles. The maximum absolute atomic E-state index is 12.1. The molecule has 1 aromatic heterocycles. The summed E-state index contributed by atoms with van der Waals surface area (Å²) in [6.45, 7) is 7.41. The molecule has 122 valence electrons. The Kier molecular flexibility index (Phi) is 4.85. The topological polar surface area (TPSA) is 82.3 Å². The number of carbonyl (C=O) groups is 2. The van der Waals surface area contributed by atoms with E-state index in [2.05, 4.69) is 4.98 Å². The molecule has 0 aliphatic heterocycles. The van der Waals surface area contributed by atoms with E-state index in [1.807, 2.05) is 20.8 Å². The first-order valence-electron chi connectivity index (χ1n) is 7.27. The van der Waals surface area contributed by atoms with E-state index in [1.165, 1.54) is 18.3 Å². The van der Waals surface area contributed by atoms with Gasteiger partial charge in [0, 0.05) is 16.7 Å². The lowest BCUT2D eigenvalue weighted by atomic mass is 9.94. The van der Waals surface area contributed by atoms with Crippen molar-refractivity contribution in [3.05, 3.63) is 34.0 Å². The van der Waals surface area contributed by atoms with Crippen molar-refractivity contribution in [3.63, 3.8) is 0 Å². The first-order valence-corrected chi connectivity index (χ1v) is 8.09. The van der Waals surface area contributed by atoms with Gasteiger partial charge in [-0.15, -0.1) is 11.3 Å². The van der Waals surface area contributed by atoms with Crippen LogP contribution in [0.1, 0.15) is 58.1 Å². The molecular formula is C17H20N2O3S. The largest absolute Gasteiger partial charge is 0.496 e. The second-order valence-corrected chi connectivity index (χ2v) is 6.62. The van der Waals surface area contributed by atoms with Gasteiger partial charge >= 0.3 is 0 Å². The van der Waals surface area contributed by atoms with Crippen molar-refractivity contribution in [2.45, 2.75) is 33.6 Å². The SMILES string of the molecule is COc1ccc(C(C)=O)c(-c2sc(C(N)=O)nc2C(C)C)c1C. The minimum absolute atomic E-state index is 0.0468. The Bertz CT molecular complexity index is 778. The van der Waals surface area contributed by atoms with E-state index in [1.54, 1.807) is 19.2 Å². The van der Waals surface area contributed by atoms with Gasteiger partial charge in [-0.2, -0.15) is 0 Å². The van der Waals surface area contributed by atoms with Gasteiger partial charge in [0.15, 0.2) is 10.8 Å². The molecule has 0 radical (unpaired) electrons. The second kappa shape index (κ2) is 6.50. The number of ether oxygens (including phenoxy) is 1. The summed E-state index contributed by atoms with van der Waals surface area (Å²) in [5.74, 6) is 0.177. The zero-order chi connectivity index (χ0) is 17.3. The molecule has 0 saturated heterocycles. The molecule has 0 unspecified atom stereocenters. The van der Waals surface area contributed by atoms with E-state index in [-0.39, 0.29) is 16.7 Å². The number of nitrogens with zero attached hydrogens (tertiary/aromatic N) is 1. The Labute approximate surface area is 139 Å². The van der Waals surface area contributed by atoms with Crippen LogP contribution in [0, 0.1) is 6.92 Å². The van der Waals surface area contributed by atoms with Crippen LogP contribution < -0.4 is 10.5 Å². The first kappa shape index (κ1) is 17.1. The molecule has 2 aromatic rings. The van der Waals surface area contributed by atoms with Crippen LogP contribution in [0.2, 0.25) is 0 Å². The maximum Gasteiger partial charge on any atom is 0.277 e. The predicted octanol–water partition coefficient (Wildman–Crippen LogP) is 3.55. The van der Waals surface area contributed by atoms with E-state index in [4.69, 9.17) is 10.5 Å². The van der Waals surface area contributed by atoms with Crippen LogP contribution in [0.25, 0.3) is 10.4 Å². The fraction of sp³-hybridized carbons (Fsp3) is 0.353. The molecule has 1 amide bonds. The van der Waals surface area contributed by atoms with Crippen molar-refractivity contribution < 1.29 is 14.3 Å². The summed E-state index contributed by atoms with van der Waals surface area (Å²) in [5.41, 5.74) is 8.36. The number of rotatable bonds is 5. The molecule has 0 spiro atoms. The van der Waals surface area contributed by atoms with E-state index >= 15 is 0 Å². The van der Waals surface area contributed by atoms with Gasteiger partial charge in [-0.1, -0.05) is 13.8 Å². The summed E-state index contributed by atoms with van der Waals surface area (Å²) in [4.78, 5) is 28.8. The van der Waals surface area contributed by atoms with E-state index in [0.29, 0.717) is 11.3 Å². The van der Waals surface area contributed by atoms with Crippen molar-refractivity contribution in [2.75, 3.05) is 7.11 Å². The fourth-order valence-corrected chi connectivity index (χ4v) is 3.70. The molecule has 0 bridgehead atoms. The van der Waals surface area contributed by atoms with Gasteiger partial charge in [-0.3, -0.25) is 9.59 Å². The first-order chi connectivity index (χ1) is 10.8. The zero-order valence-corrected chi connectivity index (χ0v) is 14.7. The lowest BCUT2D eigenvalue weighted by molar-refractivity contribution is 0.0996. The molecule has 0 atom stereocenters. The second-order valence-electron chi connectivity index (χ2n) is 5.62. The highest BCUT2D eigenvalue weighted by Gasteiger charge is 2.24. The minimum Gasteiger partial charge on any atom is -0.496 e. The van der Waals surface area contributed by atoms with Crippen molar-refractivity contribution in [2.24, 2.45) is 5.73 Å². The number of methoxy groups -OCH3 is 1. The molecule has 2 N–H and O–H groups in total. The highest BCUT2D eigenvalue weighted by atomic mass is 32.1. The minimum atomic E-state index is -0.562. The summed E-state index contributed by atoms with van der Waals surface area (Å²) in [5, 5.41) is 0.250. The number of primary amides is 1. The molecule has 0 aliphatic rings. The fourth-order valence-electron chi connectivity index (χ4n) is 2.51. The van der Waals surface area contributed by atoms with E-state index in [9.17, 15) is 9.59 Å². The van der Waals surface area contributed by atoms with Crippen LogP contribution in [-0.2, 0) is 0 Å². The molecule has 0 saturated carbocycles. The number of thiazole rings is 1. The molecule has 5 nitrogen and oxygen atoms in total. The van der Waals surface area contributed by atoms with Crippen molar-refractivity contribution >= 4 is 23.0 Å². The van der Waals surface area contributed by atoms with Crippen molar-refractivity contribution in [3.8, 4) is 16.2 Å². The van der Waals surface area contributed by atoms with Gasteiger partial charge in [-0.05, 0) is 31.9 Å². The summed E-state index contributed by atoms with van der Waals surface area (Å²) in [7, 11) is 1.59. The third kappa shape index (κ3) is 3.12. The number of nitrogens with two attached hydrogens (primary N) is 1. The number of amides is 1. The molecule has 1 aromatic carbocycles. The summed E-state index contributed by atoms with van der Waals surface area (Å²) in [6, 6.07) is 3.53. The molecule has 23 heavy (non-hydrogen) atoms. The van der Waals surface area contributed by atoms with Gasteiger partial charge in [0.2, 0.25) is 0 Å². The number of benzene rings is 1. The highest BCUT2D eigenvalue weighted by Crippen LogP contribution is 2.41. The Morgan fingerprint density at radius 3 is 2.43 bits per heavy atom. The Morgan fingerprint density at radius 1 is 1.30 bits per heavy atom. The Hall–Kier alpha value is -2.21. The van der Waals surface area contributed by atoms with Gasteiger partial charge < -0.3 is 10.5 Å². The molecular weight excluding hydrogens is 312 g/mol. The van der Waals surface area contributed by atoms with Crippen LogP contribution in [0.5, 0.6) is 5.75 Å². The normalized spacial score (nSPS) is 10.9. The molecule has 2 rings (SSSR count). The standard InChI is InChI=1S/C17H20N2O3S/c1-8(2)14-15(23-17(19-14)16(18)21)13-9(3)12(22-5)7-6-11(13)10(4)20/h6-8H,1-5H3,(H2,18,21). The smallest absolute Gasteiger partial charge is 0.277 e. The van der Waals surface area contributed by atoms with Crippen LogP contribution in [-0.4, -0.2) is 23.8 Å². The number of aromatic nitrogens is 1.